The number of ether oxygens (including phenoxy) is 1. The van der Waals surface area contributed by atoms with E-state index in [0.717, 1.165) is 15.7 Å². The summed E-state index contributed by atoms with van der Waals surface area (Å²) in [6, 6.07) is 7.48. The van der Waals surface area contributed by atoms with Gasteiger partial charge >= 0.3 is 0 Å². The van der Waals surface area contributed by atoms with E-state index in [4.69, 9.17) is 4.74 Å². The van der Waals surface area contributed by atoms with Crippen LogP contribution < -0.4 is 4.74 Å². The Hall–Kier alpha value is -1.33. The van der Waals surface area contributed by atoms with Crippen LogP contribution in [0.25, 0.3) is 0 Å². The maximum Gasteiger partial charge on any atom is 0.124 e. The topological polar surface area (TPSA) is 47.3 Å². The molecule has 0 saturated heterocycles. The SMILES string of the molecule is COc1ccc(Br)cc1C(O)Cc1ccn(C)n1. The second-order valence-electron chi connectivity index (χ2n) is 4.09. The van der Waals surface area contributed by atoms with Crippen LogP contribution in [0.5, 0.6) is 5.75 Å². The zero-order valence-electron chi connectivity index (χ0n) is 10.3. The van der Waals surface area contributed by atoms with Crippen molar-refractivity contribution < 1.29 is 9.84 Å². The number of methoxy groups -OCH3 is 1. The highest BCUT2D eigenvalue weighted by Crippen LogP contribution is 2.30. The van der Waals surface area contributed by atoms with E-state index >= 15 is 0 Å². The molecule has 0 spiro atoms. The van der Waals surface area contributed by atoms with Gasteiger partial charge in [-0.2, -0.15) is 5.10 Å². The minimum atomic E-state index is -0.632. The van der Waals surface area contributed by atoms with E-state index in [1.54, 1.807) is 11.8 Å². The van der Waals surface area contributed by atoms with Gasteiger partial charge in [-0.1, -0.05) is 15.9 Å². The summed E-state index contributed by atoms with van der Waals surface area (Å²) in [6.07, 6.45) is 1.70. The molecule has 0 radical (unpaired) electrons. The fraction of sp³-hybridized carbons (Fsp3) is 0.308. The van der Waals surface area contributed by atoms with E-state index in [1.807, 2.05) is 37.5 Å². The molecule has 1 aromatic carbocycles. The number of rotatable bonds is 4. The lowest BCUT2D eigenvalue weighted by Crippen LogP contribution is -2.05. The van der Waals surface area contributed by atoms with Crippen LogP contribution in [0, 0.1) is 0 Å². The van der Waals surface area contributed by atoms with E-state index in [9.17, 15) is 5.11 Å². The average molecular weight is 311 g/mol. The number of halogens is 1. The van der Waals surface area contributed by atoms with Crippen LogP contribution in [-0.4, -0.2) is 22.0 Å². The number of benzene rings is 1. The van der Waals surface area contributed by atoms with Crippen LogP contribution in [0.2, 0.25) is 0 Å². The number of aliphatic hydroxyl groups is 1. The molecule has 96 valence electrons. The molecule has 4 nitrogen and oxygen atoms in total. The van der Waals surface area contributed by atoms with Gasteiger partial charge in [0.25, 0.3) is 0 Å². The third kappa shape index (κ3) is 2.91. The zero-order chi connectivity index (χ0) is 13.1. The molecular formula is C13H15BrN2O2. The highest BCUT2D eigenvalue weighted by molar-refractivity contribution is 9.10. The van der Waals surface area contributed by atoms with Crippen molar-refractivity contribution in [3.05, 3.63) is 46.2 Å². The van der Waals surface area contributed by atoms with Gasteiger partial charge in [-0.3, -0.25) is 4.68 Å². The predicted octanol–water partition coefficient (Wildman–Crippen LogP) is 2.47. The molecule has 0 aliphatic carbocycles. The van der Waals surface area contributed by atoms with E-state index in [1.165, 1.54) is 0 Å². The van der Waals surface area contributed by atoms with Gasteiger partial charge in [0.2, 0.25) is 0 Å². The lowest BCUT2D eigenvalue weighted by atomic mass is 10.0. The first-order chi connectivity index (χ1) is 8.60. The molecule has 1 unspecified atom stereocenters. The van der Waals surface area contributed by atoms with Gasteiger partial charge in [-0.25, -0.2) is 0 Å². The fourth-order valence-corrected chi connectivity index (χ4v) is 2.22. The third-order valence-corrected chi connectivity index (χ3v) is 3.22. The van der Waals surface area contributed by atoms with Crippen LogP contribution >= 0.6 is 15.9 Å². The van der Waals surface area contributed by atoms with E-state index in [0.29, 0.717) is 12.2 Å². The Kier molecular flexibility index (Phi) is 4.04. The van der Waals surface area contributed by atoms with Gasteiger partial charge in [0.1, 0.15) is 5.75 Å². The van der Waals surface area contributed by atoms with Crippen LogP contribution in [0.1, 0.15) is 17.4 Å². The number of hydrogen-bond acceptors (Lipinski definition) is 3. The number of hydrogen-bond donors (Lipinski definition) is 1. The van der Waals surface area contributed by atoms with Crippen molar-refractivity contribution in [1.82, 2.24) is 9.78 Å². The number of aryl methyl sites for hydroxylation is 1. The predicted molar refractivity (Wildman–Crippen MR) is 72.6 cm³/mol. The summed E-state index contributed by atoms with van der Waals surface area (Å²) in [5.74, 6) is 0.682. The molecule has 1 atom stereocenters. The molecule has 0 aliphatic heterocycles. The van der Waals surface area contributed by atoms with Crippen molar-refractivity contribution in [3.63, 3.8) is 0 Å². The Labute approximate surface area is 114 Å². The van der Waals surface area contributed by atoms with Gasteiger partial charge in [0.05, 0.1) is 18.9 Å². The maximum atomic E-state index is 10.3. The normalized spacial score (nSPS) is 12.4. The molecule has 2 rings (SSSR count). The summed E-state index contributed by atoms with van der Waals surface area (Å²) < 4.78 is 7.90. The first-order valence-corrected chi connectivity index (χ1v) is 6.39. The molecule has 1 aromatic heterocycles. The Morgan fingerprint density at radius 3 is 2.83 bits per heavy atom. The first-order valence-electron chi connectivity index (χ1n) is 5.60. The van der Waals surface area contributed by atoms with Gasteiger partial charge in [-0.05, 0) is 24.3 Å². The Bertz CT molecular complexity index is 540. The number of nitrogens with zero attached hydrogens (tertiary/aromatic N) is 2. The lowest BCUT2D eigenvalue weighted by molar-refractivity contribution is 0.172. The van der Waals surface area contributed by atoms with Crippen LogP contribution in [0.3, 0.4) is 0 Å². The Balaban J connectivity index is 2.22. The van der Waals surface area contributed by atoms with Gasteiger partial charge < -0.3 is 9.84 Å². The molecule has 0 aliphatic rings. The van der Waals surface area contributed by atoms with Crippen molar-refractivity contribution in [2.45, 2.75) is 12.5 Å². The Morgan fingerprint density at radius 1 is 1.44 bits per heavy atom. The highest BCUT2D eigenvalue weighted by atomic mass is 79.9. The van der Waals surface area contributed by atoms with Crippen molar-refractivity contribution >= 4 is 15.9 Å². The second-order valence-corrected chi connectivity index (χ2v) is 5.00. The minimum Gasteiger partial charge on any atom is -0.496 e. The number of aliphatic hydroxyl groups excluding tert-OH is 1. The molecule has 5 heteroatoms. The van der Waals surface area contributed by atoms with E-state index in [-0.39, 0.29) is 0 Å². The molecule has 0 saturated carbocycles. The van der Waals surface area contributed by atoms with Crippen molar-refractivity contribution in [2.24, 2.45) is 7.05 Å². The quantitative estimate of drug-likeness (QED) is 0.943. The third-order valence-electron chi connectivity index (χ3n) is 2.72. The monoisotopic (exact) mass is 310 g/mol. The summed E-state index contributed by atoms with van der Waals surface area (Å²) in [6.45, 7) is 0. The van der Waals surface area contributed by atoms with Crippen LogP contribution in [0.4, 0.5) is 0 Å². The lowest BCUT2D eigenvalue weighted by Gasteiger charge is -2.14. The molecule has 1 N–H and O–H groups in total. The second kappa shape index (κ2) is 5.54. The van der Waals surface area contributed by atoms with Crippen LogP contribution in [-0.2, 0) is 13.5 Å². The standard InChI is InChI=1S/C13H15BrN2O2/c1-16-6-5-10(15-16)8-12(17)11-7-9(14)3-4-13(11)18-2/h3-7,12,17H,8H2,1-2H3. The highest BCUT2D eigenvalue weighted by Gasteiger charge is 2.15. The van der Waals surface area contributed by atoms with Crippen molar-refractivity contribution in [1.29, 1.82) is 0 Å². The molecule has 18 heavy (non-hydrogen) atoms. The summed E-state index contributed by atoms with van der Waals surface area (Å²) in [5, 5.41) is 14.5. The molecule has 2 aromatic rings. The largest absolute Gasteiger partial charge is 0.496 e. The van der Waals surface area contributed by atoms with Crippen molar-refractivity contribution in [3.8, 4) is 5.75 Å². The molecule has 0 amide bonds. The molecule has 1 heterocycles. The maximum absolute atomic E-state index is 10.3. The number of aromatic nitrogens is 2. The van der Waals surface area contributed by atoms with Crippen LogP contribution in [0.15, 0.2) is 34.9 Å². The summed E-state index contributed by atoms with van der Waals surface area (Å²) in [7, 11) is 3.45. The Morgan fingerprint density at radius 2 is 2.22 bits per heavy atom. The summed E-state index contributed by atoms with van der Waals surface area (Å²) in [4.78, 5) is 0. The summed E-state index contributed by atoms with van der Waals surface area (Å²) >= 11 is 3.40. The first kappa shape index (κ1) is 13.1. The van der Waals surface area contributed by atoms with Gasteiger partial charge in [0, 0.05) is 29.7 Å². The molecule has 0 fully saturated rings. The van der Waals surface area contributed by atoms with Gasteiger partial charge in [0.15, 0.2) is 0 Å². The average Bonchev–Trinajstić information content (AvgIpc) is 2.74. The molecule has 0 bridgehead atoms. The summed E-state index contributed by atoms with van der Waals surface area (Å²) in [5.41, 5.74) is 1.62. The van der Waals surface area contributed by atoms with E-state index < -0.39 is 6.10 Å². The zero-order valence-corrected chi connectivity index (χ0v) is 11.9. The minimum absolute atomic E-state index is 0.466. The van der Waals surface area contributed by atoms with Crippen molar-refractivity contribution in [2.75, 3.05) is 7.11 Å². The van der Waals surface area contributed by atoms with E-state index in [2.05, 4.69) is 21.0 Å². The molecular weight excluding hydrogens is 296 g/mol. The fourth-order valence-electron chi connectivity index (χ4n) is 1.85. The smallest absolute Gasteiger partial charge is 0.124 e. The van der Waals surface area contributed by atoms with Gasteiger partial charge in [-0.15, -0.1) is 0 Å².